The molecule has 7 heteroatoms. The highest BCUT2D eigenvalue weighted by Crippen LogP contribution is 2.29. The van der Waals surface area contributed by atoms with Crippen LogP contribution in [-0.2, 0) is 4.79 Å². The van der Waals surface area contributed by atoms with E-state index in [0.29, 0.717) is 18.7 Å². The summed E-state index contributed by atoms with van der Waals surface area (Å²) in [4.78, 5) is 18.4. The molecule has 1 saturated heterocycles. The van der Waals surface area contributed by atoms with Gasteiger partial charge in [0.05, 0.1) is 6.04 Å². The first-order chi connectivity index (χ1) is 10.7. The quantitative estimate of drug-likeness (QED) is 0.887. The molecule has 0 saturated carbocycles. The van der Waals surface area contributed by atoms with Crippen molar-refractivity contribution in [2.75, 3.05) is 18.4 Å². The summed E-state index contributed by atoms with van der Waals surface area (Å²) < 4.78 is 12.8. The lowest BCUT2D eigenvalue weighted by Gasteiger charge is -2.22. The summed E-state index contributed by atoms with van der Waals surface area (Å²) in [5.41, 5.74) is 0.611. The van der Waals surface area contributed by atoms with E-state index in [2.05, 4.69) is 25.4 Å². The number of carbonyl (C=O) groups is 1. The standard InChI is InChI=1S/C15H18FN5O/c16-11-3-5-12(6-4-11)19-14(22)7-9-21-8-1-2-13(21)15-17-10-18-20-15/h3-6,10,13H,1-2,7-9H2,(H,19,22)(H,17,18,20)/t13-/m1/s1. The number of aromatic amines is 1. The molecule has 1 aromatic heterocycles. The molecule has 0 unspecified atom stereocenters. The van der Waals surface area contributed by atoms with E-state index in [4.69, 9.17) is 0 Å². The van der Waals surface area contributed by atoms with Crippen molar-refractivity contribution in [1.29, 1.82) is 0 Å². The SMILES string of the molecule is O=C(CCN1CCC[C@@H]1c1ncn[nH]1)Nc1ccc(F)cc1. The van der Waals surface area contributed by atoms with Crippen molar-refractivity contribution in [2.24, 2.45) is 0 Å². The molecule has 116 valence electrons. The molecular weight excluding hydrogens is 285 g/mol. The number of nitrogens with one attached hydrogen (secondary N) is 2. The zero-order valence-electron chi connectivity index (χ0n) is 12.1. The molecule has 1 aliphatic heterocycles. The number of aromatic nitrogens is 3. The van der Waals surface area contributed by atoms with Crippen LogP contribution in [0.25, 0.3) is 0 Å². The predicted molar refractivity (Wildman–Crippen MR) is 79.6 cm³/mol. The predicted octanol–water partition coefficient (Wildman–Crippen LogP) is 2.11. The van der Waals surface area contributed by atoms with E-state index in [0.717, 1.165) is 25.2 Å². The van der Waals surface area contributed by atoms with Crippen molar-refractivity contribution in [3.8, 4) is 0 Å². The molecule has 2 N–H and O–H groups in total. The molecule has 0 bridgehead atoms. The van der Waals surface area contributed by atoms with E-state index in [-0.39, 0.29) is 17.8 Å². The van der Waals surface area contributed by atoms with Crippen LogP contribution in [0.3, 0.4) is 0 Å². The largest absolute Gasteiger partial charge is 0.326 e. The first-order valence-electron chi connectivity index (χ1n) is 7.37. The maximum absolute atomic E-state index is 12.8. The van der Waals surface area contributed by atoms with Gasteiger partial charge in [-0.15, -0.1) is 0 Å². The van der Waals surface area contributed by atoms with E-state index in [9.17, 15) is 9.18 Å². The van der Waals surface area contributed by atoms with E-state index in [1.807, 2.05) is 0 Å². The van der Waals surface area contributed by atoms with E-state index in [1.54, 1.807) is 12.1 Å². The van der Waals surface area contributed by atoms with Crippen LogP contribution in [0.2, 0.25) is 0 Å². The van der Waals surface area contributed by atoms with Crippen molar-refractivity contribution in [3.05, 3.63) is 42.2 Å². The van der Waals surface area contributed by atoms with Gasteiger partial charge in [0.15, 0.2) is 0 Å². The van der Waals surface area contributed by atoms with Crippen LogP contribution in [0.4, 0.5) is 10.1 Å². The van der Waals surface area contributed by atoms with Gasteiger partial charge < -0.3 is 5.32 Å². The molecule has 2 heterocycles. The summed E-state index contributed by atoms with van der Waals surface area (Å²) in [6, 6.07) is 5.98. The van der Waals surface area contributed by atoms with Crippen LogP contribution in [0.1, 0.15) is 31.1 Å². The number of rotatable bonds is 5. The number of hydrogen-bond donors (Lipinski definition) is 2. The number of amides is 1. The third-order valence-electron chi connectivity index (χ3n) is 3.87. The summed E-state index contributed by atoms with van der Waals surface area (Å²) in [5, 5.41) is 9.56. The first-order valence-corrected chi connectivity index (χ1v) is 7.37. The van der Waals surface area contributed by atoms with Gasteiger partial charge in [0.25, 0.3) is 0 Å². The van der Waals surface area contributed by atoms with Gasteiger partial charge in [-0.05, 0) is 43.7 Å². The number of H-pyrrole nitrogens is 1. The lowest BCUT2D eigenvalue weighted by Crippen LogP contribution is -2.28. The molecule has 1 aromatic carbocycles. The smallest absolute Gasteiger partial charge is 0.225 e. The molecule has 0 radical (unpaired) electrons. The van der Waals surface area contributed by atoms with Crippen molar-refractivity contribution in [2.45, 2.75) is 25.3 Å². The topological polar surface area (TPSA) is 73.9 Å². The van der Waals surface area contributed by atoms with Gasteiger partial charge >= 0.3 is 0 Å². The Bertz CT molecular complexity index is 613. The fraction of sp³-hybridized carbons (Fsp3) is 0.400. The Balaban J connectivity index is 1.51. The Morgan fingerprint density at radius 2 is 2.23 bits per heavy atom. The average Bonchev–Trinajstić information content (AvgIpc) is 3.18. The molecular formula is C15H18FN5O. The highest BCUT2D eigenvalue weighted by molar-refractivity contribution is 5.90. The number of likely N-dealkylation sites (tertiary alicyclic amines) is 1. The second kappa shape index (κ2) is 6.65. The van der Waals surface area contributed by atoms with Crippen LogP contribution in [0, 0.1) is 5.82 Å². The Morgan fingerprint density at radius 3 is 2.95 bits per heavy atom. The zero-order chi connectivity index (χ0) is 15.4. The number of carbonyl (C=O) groups excluding carboxylic acids is 1. The number of anilines is 1. The van der Waals surface area contributed by atoms with E-state index >= 15 is 0 Å². The van der Waals surface area contributed by atoms with Crippen molar-refractivity contribution in [1.82, 2.24) is 20.1 Å². The van der Waals surface area contributed by atoms with Gasteiger partial charge in [0.2, 0.25) is 5.91 Å². The summed E-state index contributed by atoms with van der Waals surface area (Å²) in [6.45, 7) is 1.62. The van der Waals surface area contributed by atoms with Gasteiger partial charge in [-0.1, -0.05) is 0 Å². The number of nitrogens with zero attached hydrogens (tertiary/aromatic N) is 3. The molecule has 0 aliphatic carbocycles. The Hall–Kier alpha value is -2.28. The third-order valence-corrected chi connectivity index (χ3v) is 3.87. The summed E-state index contributed by atoms with van der Waals surface area (Å²) in [6.07, 6.45) is 4.01. The second-order valence-electron chi connectivity index (χ2n) is 5.37. The van der Waals surface area contributed by atoms with Gasteiger partial charge in [-0.3, -0.25) is 14.8 Å². The molecule has 1 atom stereocenters. The number of halogens is 1. The van der Waals surface area contributed by atoms with Crippen molar-refractivity contribution >= 4 is 11.6 Å². The normalized spacial score (nSPS) is 18.5. The Morgan fingerprint density at radius 1 is 1.41 bits per heavy atom. The van der Waals surface area contributed by atoms with Crippen LogP contribution >= 0.6 is 0 Å². The highest BCUT2D eigenvalue weighted by atomic mass is 19.1. The van der Waals surface area contributed by atoms with Crippen LogP contribution in [0.15, 0.2) is 30.6 Å². The Kier molecular flexibility index (Phi) is 4.43. The van der Waals surface area contributed by atoms with E-state index < -0.39 is 0 Å². The summed E-state index contributed by atoms with van der Waals surface area (Å²) in [7, 11) is 0. The summed E-state index contributed by atoms with van der Waals surface area (Å²) >= 11 is 0. The lowest BCUT2D eigenvalue weighted by atomic mass is 10.2. The van der Waals surface area contributed by atoms with E-state index in [1.165, 1.54) is 18.5 Å². The molecule has 22 heavy (non-hydrogen) atoms. The van der Waals surface area contributed by atoms with Gasteiger partial charge in [-0.2, -0.15) is 5.10 Å². The second-order valence-corrected chi connectivity index (χ2v) is 5.37. The molecule has 0 spiro atoms. The fourth-order valence-corrected chi connectivity index (χ4v) is 2.78. The molecule has 3 rings (SSSR count). The minimum atomic E-state index is -0.315. The highest BCUT2D eigenvalue weighted by Gasteiger charge is 2.28. The minimum absolute atomic E-state index is 0.0742. The summed E-state index contributed by atoms with van der Waals surface area (Å²) in [5.74, 6) is 0.469. The lowest BCUT2D eigenvalue weighted by molar-refractivity contribution is -0.116. The van der Waals surface area contributed by atoms with Crippen LogP contribution in [-0.4, -0.2) is 39.1 Å². The van der Waals surface area contributed by atoms with Gasteiger partial charge in [0, 0.05) is 18.7 Å². The monoisotopic (exact) mass is 303 g/mol. The molecule has 6 nitrogen and oxygen atoms in total. The van der Waals surface area contributed by atoms with Crippen molar-refractivity contribution in [3.63, 3.8) is 0 Å². The van der Waals surface area contributed by atoms with Crippen LogP contribution < -0.4 is 5.32 Å². The fourth-order valence-electron chi connectivity index (χ4n) is 2.78. The molecule has 1 fully saturated rings. The van der Waals surface area contributed by atoms with Crippen molar-refractivity contribution < 1.29 is 9.18 Å². The molecule has 1 aliphatic rings. The maximum atomic E-state index is 12.8. The number of hydrogen-bond acceptors (Lipinski definition) is 4. The molecule has 1 amide bonds. The maximum Gasteiger partial charge on any atom is 0.225 e. The zero-order valence-corrected chi connectivity index (χ0v) is 12.1. The average molecular weight is 303 g/mol. The number of benzene rings is 1. The molecule has 2 aromatic rings. The minimum Gasteiger partial charge on any atom is -0.326 e. The van der Waals surface area contributed by atoms with Gasteiger partial charge in [0.1, 0.15) is 18.0 Å². The Labute approximate surface area is 127 Å². The first kappa shape index (κ1) is 14.6. The van der Waals surface area contributed by atoms with Gasteiger partial charge in [-0.25, -0.2) is 9.37 Å². The third kappa shape index (κ3) is 3.48. The van der Waals surface area contributed by atoms with Crippen LogP contribution in [0.5, 0.6) is 0 Å².